The molecule has 0 spiro atoms. The van der Waals surface area contributed by atoms with Gasteiger partial charge in [-0.3, -0.25) is 10.1 Å². The number of hydrogen-bond donors (Lipinski definition) is 0. The number of allylic oxidation sites excluding steroid dienone is 1. The zero-order valence-electron chi connectivity index (χ0n) is 5.79. The van der Waals surface area contributed by atoms with E-state index in [1.807, 2.05) is 0 Å². The smallest absolute Gasteiger partial charge is 0.258 e. The van der Waals surface area contributed by atoms with Gasteiger partial charge in [0.1, 0.15) is 0 Å². The molecule has 0 atom stereocenters. The fraction of sp³-hybridized carbons (Fsp3) is 0.600. The third kappa shape index (κ3) is 3.52. The van der Waals surface area contributed by atoms with Gasteiger partial charge in [-0.2, -0.15) is 0 Å². The lowest BCUT2D eigenvalue weighted by Crippen LogP contribution is -2.05. The lowest BCUT2D eigenvalue weighted by molar-refractivity contribution is -0.425. The first-order chi connectivity index (χ1) is 4.04. The van der Waals surface area contributed by atoms with E-state index in [9.17, 15) is 10.1 Å². The van der Waals surface area contributed by atoms with Gasteiger partial charge in [-0.1, -0.05) is 0 Å². The van der Waals surface area contributed by atoms with Crippen molar-refractivity contribution in [1.29, 1.82) is 0 Å². The van der Waals surface area contributed by atoms with Crippen LogP contribution in [-0.2, 0) is 0 Å². The van der Waals surface area contributed by atoms with E-state index in [0.29, 0.717) is 0 Å². The third-order valence-electron chi connectivity index (χ3n) is 0.733. The predicted molar refractivity (Wildman–Crippen MR) is 34.4 cm³/mol. The van der Waals surface area contributed by atoms with Crippen LogP contribution in [-0.4, -0.2) is 23.9 Å². The Morgan fingerprint density at radius 2 is 2.11 bits per heavy atom. The summed E-state index contributed by atoms with van der Waals surface area (Å²) < 4.78 is 0. The van der Waals surface area contributed by atoms with Crippen molar-refractivity contribution in [2.45, 2.75) is 6.92 Å². The first-order valence-electron chi connectivity index (χ1n) is 2.53. The molecule has 0 rings (SSSR count). The van der Waals surface area contributed by atoms with E-state index >= 15 is 0 Å². The van der Waals surface area contributed by atoms with E-state index in [2.05, 4.69) is 0 Å². The maximum absolute atomic E-state index is 9.95. The Balaban J connectivity index is 4.00. The van der Waals surface area contributed by atoms with Gasteiger partial charge in [-0.25, -0.2) is 0 Å². The van der Waals surface area contributed by atoms with Gasteiger partial charge in [0.15, 0.2) is 0 Å². The van der Waals surface area contributed by atoms with Gasteiger partial charge >= 0.3 is 0 Å². The topological polar surface area (TPSA) is 46.4 Å². The standard InChI is InChI=1S/C5H10N2O2/c1-5(7(8)9)4-6(2)3/h4H,1-3H3. The van der Waals surface area contributed by atoms with Crippen molar-refractivity contribution in [3.05, 3.63) is 22.0 Å². The van der Waals surface area contributed by atoms with Crippen molar-refractivity contribution in [1.82, 2.24) is 4.90 Å². The van der Waals surface area contributed by atoms with E-state index < -0.39 is 4.92 Å². The summed E-state index contributed by atoms with van der Waals surface area (Å²) in [7, 11) is 3.49. The van der Waals surface area contributed by atoms with Crippen molar-refractivity contribution < 1.29 is 4.92 Å². The van der Waals surface area contributed by atoms with Gasteiger partial charge in [0.25, 0.3) is 5.70 Å². The van der Waals surface area contributed by atoms with Crippen LogP contribution in [0.4, 0.5) is 0 Å². The van der Waals surface area contributed by atoms with Crippen LogP contribution < -0.4 is 0 Å². The molecule has 0 saturated carbocycles. The van der Waals surface area contributed by atoms with Crippen LogP contribution in [0.25, 0.3) is 0 Å². The fourth-order valence-electron chi connectivity index (χ4n) is 0.421. The lowest BCUT2D eigenvalue weighted by atomic mass is 10.5. The summed E-state index contributed by atoms with van der Waals surface area (Å²) >= 11 is 0. The van der Waals surface area contributed by atoms with E-state index in [1.54, 1.807) is 19.0 Å². The van der Waals surface area contributed by atoms with Crippen LogP contribution in [0.5, 0.6) is 0 Å². The van der Waals surface area contributed by atoms with Gasteiger partial charge in [0.05, 0.1) is 11.1 Å². The van der Waals surface area contributed by atoms with Gasteiger partial charge in [-0.15, -0.1) is 0 Å². The molecule has 0 aromatic rings. The summed E-state index contributed by atoms with van der Waals surface area (Å²) in [5, 5.41) is 9.95. The van der Waals surface area contributed by atoms with E-state index in [4.69, 9.17) is 0 Å². The molecule has 0 radical (unpaired) electrons. The molecule has 0 unspecified atom stereocenters. The molecular formula is C5H10N2O2. The number of rotatable bonds is 2. The normalized spacial score (nSPS) is 11.2. The highest BCUT2D eigenvalue weighted by molar-refractivity contribution is 4.83. The quantitative estimate of drug-likeness (QED) is 0.408. The SMILES string of the molecule is CC(=CN(C)C)[N+](=O)[O-]. The van der Waals surface area contributed by atoms with Crippen LogP contribution in [0.15, 0.2) is 11.9 Å². The van der Waals surface area contributed by atoms with E-state index in [1.165, 1.54) is 13.1 Å². The maximum Gasteiger partial charge on any atom is 0.258 e. The summed E-state index contributed by atoms with van der Waals surface area (Å²) in [4.78, 5) is 11.2. The number of hydrogen-bond acceptors (Lipinski definition) is 3. The monoisotopic (exact) mass is 130 g/mol. The highest BCUT2D eigenvalue weighted by Gasteiger charge is 1.99. The first kappa shape index (κ1) is 7.94. The molecule has 4 heteroatoms. The Labute approximate surface area is 53.9 Å². The Morgan fingerprint density at radius 1 is 1.67 bits per heavy atom. The molecule has 0 N–H and O–H groups in total. The van der Waals surface area contributed by atoms with Crippen LogP contribution in [0.2, 0.25) is 0 Å². The lowest BCUT2D eigenvalue weighted by Gasteiger charge is -2.01. The summed E-state index contributed by atoms with van der Waals surface area (Å²) in [5.74, 6) is 0. The Kier molecular flexibility index (Phi) is 2.70. The zero-order valence-corrected chi connectivity index (χ0v) is 5.79. The molecule has 0 aromatic carbocycles. The Hall–Kier alpha value is -1.06. The average Bonchev–Trinajstić information content (AvgIpc) is 1.63. The summed E-state index contributed by atoms with van der Waals surface area (Å²) in [6.07, 6.45) is 1.46. The first-order valence-corrected chi connectivity index (χ1v) is 2.53. The Bertz CT molecular complexity index is 140. The zero-order chi connectivity index (χ0) is 7.44. The largest absolute Gasteiger partial charge is 0.378 e. The van der Waals surface area contributed by atoms with Gasteiger partial charge < -0.3 is 4.90 Å². The predicted octanol–water partition coefficient (Wildman–Crippen LogP) is 0.686. The van der Waals surface area contributed by atoms with E-state index in [0.717, 1.165) is 0 Å². The highest BCUT2D eigenvalue weighted by atomic mass is 16.6. The fourth-order valence-corrected chi connectivity index (χ4v) is 0.421. The molecular weight excluding hydrogens is 120 g/mol. The van der Waals surface area contributed by atoms with Gasteiger partial charge in [-0.05, 0) is 0 Å². The van der Waals surface area contributed by atoms with Crippen molar-refractivity contribution in [3.8, 4) is 0 Å². The molecule has 0 bridgehead atoms. The molecule has 0 aromatic heterocycles. The molecule has 0 aliphatic rings. The summed E-state index contributed by atoms with van der Waals surface area (Å²) in [5.41, 5.74) is 0.153. The third-order valence-corrected chi connectivity index (χ3v) is 0.733. The van der Waals surface area contributed by atoms with Crippen molar-refractivity contribution in [2.24, 2.45) is 0 Å². The second-order valence-electron chi connectivity index (χ2n) is 1.99. The molecule has 0 saturated heterocycles. The van der Waals surface area contributed by atoms with Gasteiger partial charge in [0.2, 0.25) is 0 Å². The van der Waals surface area contributed by atoms with Crippen LogP contribution in [0, 0.1) is 10.1 Å². The minimum Gasteiger partial charge on any atom is -0.378 e. The van der Waals surface area contributed by atoms with Crippen LogP contribution in [0.1, 0.15) is 6.92 Å². The number of nitro groups is 1. The molecule has 9 heavy (non-hydrogen) atoms. The van der Waals surface area contributed by atoms with Gasteiger partial charge in [0, 0.05) is 21.0 Å². The maximum atomic E-state index is 9.95. The van der Waals surface area contributed by atoms with Crippen molar-refractivity contribution >= 4 is 0 Å². The molecule has 0 amide bonds. The molecule has 0 aliphatic heterocycles. The second-order valence-corrected chi connectivity index (χ2v) is 1.99. The van der Waals surface area contributed by atoms with Crippen LogP contribution >= 0.6 is 0 Å². The summed E-state index contributed by atoms with van der Waals surface area (Å²) in [6, 6.07) is 0. The van der Waals surface area contributed by atoms with E-state index in [-0.39, 0.29) is 5.70 Å². The minimum absolute atomic E-state index is 0.153. The molecule has 52 valence electrons. The number of nitrogens with zero attached hydrogens (tertiary/aromatic N) is 2. The summed E-state index contributed by atoms with van der Waals surface area (Å²) in [6.45, 7) is 1.46. The molecule has 0 heterocycles. The minimum atomic E-state index is -0.417. The molecule has 0 fully saturated rings. The van der Waals surface area contributed by atoms with Crippen molar-refractivity contribution in [2.75, 3.05) is 14.1 Å². The second kappa shape index (κ2) is 3.06. The average molecular weight is 130 g/mol. The molecule has 4 nitrogen and oxygen atoms in total. The molecule has 0 aliphatic carbocycles. The Morgan fingerprint density at radius 3 is 2.22 bits per heavy atom. The highest BCUT2D eigenvalue weighted by Crippen LogP contribution is 1.92. The van der Waals surface area contributed by atoms with Crippen LogP contribution in [0.3, 0.4) is 0 Å². The van der Waals surface area contributed by atoms with Crippen molar-refractivity contribution in [3.63, 3.8) is 0 Å².